The van der Waals surface area contributed by atoms with Crippen molar-refractivity contribution in [2.24, 2.45) is 0 Å². The molecule has 104 valence electrons. The molecule has 1 N–H and O–H groups in total. The zero-order valence-corrected chi connectivity index (χ0v) is 12.3. The molecule has 1 aromatic heterocycles. The largest absolute Gasteiger partial charge is 0.372 e. The van der Waals surface area contributed by atoms with Gasteiger partial charge >= 0.3 is 0 Å². The van der Waals surface area contributed by atoms with Gasteiger partial charge < -0.3 is 10.2 Å². The maximum Gasteiger partial charge on any atom is 0.175 e. The first-order chi connectivity index (χ1) is 9.72. The van der Waals surface area contributed by atoms with Crippen LogP contribution in [0.15, 0.2) is 30.3 Å². The molecule has 0 bridgehead atoms. The van der Waals surface area contributed by atoms with E-state index in [0.29, 0.717) is 16.0 Å². The van der Waals surface area contributed by atoms with Crippen LogP contribution in [-0.4, -0.2) is 23.3 Å². The van der Waals surface area contributed by atoms with Gasteiger partial charge in [0, 0.05) is 30.5 Å². The third-order valence-corrected chi connectivity index (χ3v) is 3.80. The summed E-state index contributed by atoms with van der Waals surface area (Å²) in [4.78, 5) is 2.39. The molecule has 6 heteroatoms. The molecule has 0 saturated carbocycles. The molecule has 4 nitrogen and oxygen atoms in total. The van der Waals surface area contributed by atoms with Crippen LogP contribution < -0.4 is 10.2 Å². The maximum absolute atomic E-state index is 5.98. The van der Waals surface area contributed by atoms with Gasteiger partial charge in [-0.15, -0.1) is 10.2 Å². The van der Waals surface area contributed by atoms with E-state index in [1.54, 1.807) is 6.07 Å². The smallest absolute Gasteiger partial charge is 0.175 e. The molecule has 0 spiro atoms. The minimum Gasteiger partial charge on any atom is -0.372 e. The van der Waals surface area contributed by atoms with Gasteiger partial charge in [-0.05, 0) is 37.1 Å². The molecule has 1 aromatic carbocycles. The number of nitrogens with zero attached hydrogens (tertiary/aromatic N) is 3. The first-order valence-corrected chi connectivity index (χ1v) is 7.29. The first kappa shape index (κ1) is 13.5. The molecule has 20 heavy (non-hydrogen) atoms. The second kappa shape index (κ2) is 5.85. The van der Waals surface area contributed by atoms with Crippen molar-refractivity contribution in [2.75, 3.05) is 23.3 Å². The number of rotatable bonds is 3. The molecule has 2 heterocycles. The molecular weight excluding hydrogens is 295 g/mol. The van der Waals surface area contributed by atoms with Gasteiger partial charge in [0.15, 0.2) is 10.3 Å². The Morgan fingerprint density at radius 2 is 1.70 bits per heavy atom. The van der Waals surface area contributed by atoms with E-state index in [9.17, 15) is 0 Å². The molecule has 1 saturated heterocycles. The average Bonchev–Trinajstić information content (AvgIpc) is 2.98. The fourth-order valence-electron chi connectivity index (χ4n) is 2.33. The molecule has 0 unspecified atom stereocenters. The topological polar surface area (TPSA) is 41.0 Å². The number of halogens is 2. The van der Waals surface area contributed by atoms with E-state index in [-0.39, 0.29) is 0 Å². The monoisotopic (exact) mass is 308 g/mol. The fourth-order valence-corrected chi connectivity index (χ4v) is 2.61. The summed E-state index contributed by atoms with van der Waals surface area (Å²) in [6, 6.07) is 9.93. The fraction of sp³-hybridized carbons (Fsp3) is 0.286. The zero-order chi connectivity index (χ0) is 13.9. The number of aromatic nitrogens is 2. The lowest BCUT2D eigenvalue weighted by atomic mass is 10.2. The van der Waals surface area contributed by atoms with E-state index in [4.69, 9.17) is 23.2 Å². The second-order valence-electron chi connectivity index (χ2n) is 4.74. The Labute approximate surface area is 127 Å². The third kappa shape index (κ3) is 2.97. The van der Waals surface area contributed by atoms with Crippen LogP contribution in [0.3, 0.4) is 0 Å². The lowest BCUT2D eigenvalue weighted by Gasteiger charge is -2.18. The molecule has 1 aliphatic rings. The lowest BCUT2D eigenvalue weighted by molar-refractivity contribution is 0.949. The molecule has 3 rings (SSSR count). The SMILES string of the molecule is Clc1cc(Nc2ccc(N3CCCC3)cc2)c(Cl)nn1. The summed E-state index contributed by atoms with van der Waals surface area (Å²) in [5.74, 6) is 0. The van der Waals surface area contributed by atoms with Crippen molar-refractivity contribution in [1.82, 2.24) is 10.2 Å². The Morgan fingerprint density at radius 1 is 1.00 bits per heavy atom. The van der Waals surface area contributed by atoms with Crippen LogP contribution in [0.2, 0.25) is 10.3 Å². The van der Waals surface area contributed by atoms with E-state index in [0.717, 1.165) is 18.8 Å². The van der Waals surface area contributed by atoms with E-state index in [1.165, 1.54) is 18.5 Å². The summed E-state index contributed by atoms with van der Waals surface area (Å²) < 4.78 is 0. The van der Waals surface area contributed by atoms with Crippen molar-refractivity contribution < 1.29 is 0 Å². The molecular formula is C14H14Cl2N4. The van der Waals surface area contributed by atoms with Gasteiger partial charge in [-0.3, -0.25) is 0 Å². The number of anilines is 3. The predicted octanol–water partition coefficient (Wildman–Crippen LogP) is 4.13. The number of nitrogens with one attached hydrogen (secondary N) is 1. The number of benzene rings is 1. The molecule has 1 fully saturated rings. The van der Waals surface area contributed by atoms with E-state index in [2.05, 4.69) is 32.5 Å². The third-order valence-electron chi connectivity index (χ3n) is 3.34. The van der Waals surface area contributed by atoms with E-state index in [1.807, 2.05) is 12.1 Å². The molecule has 0 atom stereocenters. The van der Waals surface area contributed by atoms with Crippen molar-refractivity contribution in [3.63, 3.8) is 0 Å². The summed E-state index contributed by atoms with van der Waals surface area (Å²) in [7, 11) is 0. The Bertz CT molecular complexity index is 595. The minimum atomic E-state index is 0.304. The number of hydrogen-bond donors (Lipinski definition) is 1. The normalized spacial score (nSPS) is 14.6. The Morgan fingerprint density at radius 3 is 2.40 bits per heavy atom. The van der Waals surface area contributed by atoms with Gasteiger partial charge in [0.2, 0.25) is 0 Å². The zero-order valence-electron chi connectivity index (χ0n) is 10.8. The summed E-state index contributed by atoms with van der Waals surface area (Å²) in [6.45, 7) is 2.28. The maximum atomic E-state index is 5.98. The van der Waals surface area contributed by atoms with Crippen molar-refractivity contribution in [3.8, 4) is 0 Å². The van der Waals surface area contributed by atoms with Gasteiger partial charge in [-0.25, -0.2) is 0 Å². The van der Waals surface area contributed by atoms with Crippen molar-refractivity contribution in [1.29, 1.82) is 0 Å². The van der Waals surface area contributed by atoms with Crippen molar-refractivity contribution in [2.45, 2.75) is 12.8 Å². The molecule has 2 aromatic rings. The average molecular weight is 309 g/mol. The highest BCUT2D eigenvalue weighted by Crippen LogP contribution is 2.27. The highest BCUT2D eigenvalue weighted by molar-refractivity contribution is 6.33. The molecule has 0 aliphatic carbocycles. The Kier molecular flexibility index (Phi) is 3.94. The van der Waals surface area contributed by atoms with Gasteiger partial charge in [-0.2, -0.15) is 0 Å². The minimum absolute atomic E-state index is 0.304. The van der Waals surface area contributed by atoms with Crippen LogP contribution in [0.5, 0.6) is 0 Å². The molecule has 0 amide bonds. The molecule has 0 radical (unpaired) electrons. The van der Waals surface area contributed by atoms with Gasteiger partial charge in [0.25, 0.3) is 0 Å². The summed E-state index contributed by atoms with van der Waals surface area (Å²) in [6.07, 6.45) is 2.55. The Balaban J connectivity index is 1.76. The van der Waals surface area contributed by atoms with Crippen LogP contribution in [0.1, 0.15) is 12.8 Å². The summed E-state index contributed by atoms with van der Waals surface area (Å²) in [5, 5.41) is 11.3. The number of hydrogen-bond acceptors (Lipinski definition) is 4. The summed E-state index contributed by atoms with van der Waals surface area (Å²) in [5.41, 5.74) is 2.85. The van der Waals surface area contributed by atoms with Crippen LogP contribution >= 0.6 is 23.2 Å². The predicted molar refractivity (Wildman–Crippen MR) is 83.2 cm³/mol. The Hall–Kier alpha value is -1.52. The van der Waals surface area contributed by atoms with Crippen LogP contribution in [0, 0.1) is 0 Å². The van der Waals surface area contributed by atoms with Gasteiger partial charge in [0.05, 0.1) is 5.69 Å². The van der Waals surface area contributed by atoms with Gasteiger partial charge in [-0.1, -0.05) is 23.2 Å². The van der Waals surface area contributed by atoms with Crippen molar-refractivity contribution in [3.05, 3.63) is 40.6 Å². The van der Waals surface area contributed by atoms with Crippen molar-refractivity contribution >= 4 is 40.3 Å². The quantitative estimate of drug-likeness (QED) is 0.925. The molecule has 1 aliphatic heterocycles. The van der Waals surface area contributed by atoms with Gasteiger partial charge in [0.1, 0.15) is 0 Å². The van der Waals surface area contributed by atoms with Crippen LogP contribution in [-0.2, 0) is 0 Å². The highest BCUT2D eigenvalue weighted by Gasteiger charge is 2.12. The van der Waals surface area contributed by atoms with E-state index < -0.39 is 0 Å². The second-order valence-corrected chi connectivity index (χ2v) is 5.48. The lowest BCUT2D eigenvalue weighted by Crippen LogP contribution is -2.17. The van der Waals surface area contributed by atoms with Crippen LogP contribution in [0.25, 0.3) is 0 Å². The first-order valence-electron chi connectivity index (χ1n) is 6.53. The van der Waals surface area contributed by atoms with Crippen LogP contribution in [0.4, 0.5) is 17.1 Å². The van der Waals surface area contributed by atoms with E-state index >= 15 is 0 Å². The standard InChI is InChI=1S/C14H14Cl2N4/c15-13-9-12(14(16)19-18-13)17-10-3-5-11(6-4-10)20-7-1-2-8-20/h3-6,9H,1-2,7-8H2,(H,17,18). The summed E-state index contributed by atoms with van der Waals surface area (Å²) >= 11 is 11.8. The highest BCUT2D eigenvalue weighted by atomic mass is 35.5.